The Morgan fingerprint density at radius 1 is 1.24 bits per heavy atom. The lowest BCUT2D eigenvalue weighted by Crippen LogP contribution is -2.59. The van der Waals surface area contributed by atoms with Crippen LogP contribution < -0.4 is 4.74 Å². The molecule has 29 heavy (non-hydrogen) atoms. The molecule has 0 radical (unpaired) electrons. The summed E-state index contributed by atoms with van der Waals surface area (Å²) in [5.41, 5.74) is -3.17. The molecule has 2 aliphatic heterocycles. The van der Waals surface area contributed by atoms with E-state index in [4.69, 9.17) is 9.47 Å². The Morgan fingerprint density at radius 3 is 2.31 bits per heavy atom. The van der Waals surface area contributed by atoms with Gasteiger partial charge in [-0.25, -0.2) is 9.78 Å². The van der Waals surface area contributed by atoms with E-state index in [2.05, 4.69) is 4.98 Å². The highest BCUT2D eigenvalue weighted by molar-refractivity contribution is 5.69. The van der Waals surface area contributed by atoms with E-state index in [0.717, 1.165) is 12.5 Å². The number of halogens is 3. The molecule has 9 heteroatoms. The fourth-order valence-corrected chi connectivity index (χ4v) is 4.37. The minimum absolute atomic E-state index is 0.00978. The normalized spacial score (nSPS) is 27.5. The van der Waals surface area contributed by atoms with Gasteiger partial charge in [0.15, 0.2) is 0 Å². The molecule has 2 fully saturated rings. The van der Waals surface area contributed by atoms with Gasteiger partial charge in [0.1, 0.15) is 5.60 Å². The van der Waals surface area contributed by atoms with Crippen molar-refractivity contribution in [2.45, 2.75) is 82.3 Å². The second-order valence-electron chi connectivity index (χ2n) is 8.84. The summed E-state index contributed by atoms with van der Waals surface area (Å²) in [6.07, 6.45) is -1.98. The smallest absolute Gasteiger partial charge is 0.417 e. The van der Waals surface area contributed by atoms with Gasteiger partial charge < -0.3 is 19.5 Å². The molecule has 162 valence electrons. The van der Waals surface area contributed by atoms with E-state index in [1.807, 2.05) is 0 Å². The van der Waals surface area contributed by atoms with Gasteiger partial charge in [0.05, 0.1) is 18.3 Å². The predicted octanol–water partition coefficient (Wildman–Crippen LogP) is 4.25. The van der Waals surface area contributed by atoms with E-state index in [1.54, 1.807) is 25.7 Å². The SMILES string of the molecule is COc1ncc(C(F)(F)F)cc1C1(O)CC2CCCC(C1)N2C(=O)OC(C)(C)C. The lowest BCUT2D eigenvalue weighted by molar-refractivity contribution is -0.138. The summed E-state index contributed by atoms with van der Waals surface area (Å²) < 4.78 is 50.3. The molecule has 1 aromatic rings. The van der Waals surface area contributed by atoms with Crippen LogP contribution in [0.5, 0.6) is 5.88 Å². The molecule has 2 bridgehead atoms. The fraction of sp³-hybridized carbons (Fsp3) is 0.700. The van der Waals surface area contributed by atoms with Crippen molar-refractivity contribution in [3.05, 3.63) is 23.4 Å². The number of piperidine rings is 2. The molecule has 2 saturated heterocycles. The highest BCUT2D eigenvalue weighted by atomic mass is 19.4. The largest absolute Gasteiger partial charge is 0.481 e. The summed E-state index contributed by atoms with van der Waals surface area (Å²) in [4.78, 5) is 18.1. The number of pyridine rings is 1. The number of alkyl halides is 3. The van der Waals surface area contributed by atoms with Crippen LogP contribution in [0.3, 0.4) is 0 Å². The molecule has 0 saturated carbocycles. The molecular weight excluding hydrogens is 389 g/mol. The first-order chi connectivity index (χ1) is 13.3. The summed E-state index contributed by atoms with van der Waals surface area (Å²) in [5, 5.41) is 11.4. The van der Waals surface area contributed by atoms with E-state index < -0.39 is 29.0 Å². The average Bonchev–Trinajstić information content (AvgIpc) is 2.58. The Labute approximate surface area is 168 Å². The van der Waals surface area contributed by atoms with Gasteiger partial charge in [0.25, 0.3) is 0 Å². The fourth-order valence-electron chi connectivity index (χ4n) is 4.37. The van der Waals surface area contributed by atoms with Crippen LogP contribution in [0.2, 0.25) is 0 Å². The van der Waals surface area contributed by atoms with Gasteiger partial charge in [-0.05, 0) is 46.1 Å². The van der Waals surface area contributed by atoms with E-state index in [9.17, 15) is 23.1 Å². The van der Waals surface area contributed by atoms with E-state index in [0.29, 0.717) is 19.0 Å². The zero-order valence-electron chi connectivity index (χ0n) is 17.0. The number of rotatable bonds is 2. The molecule has 2 unspecified atom stereocenters. The van der Waals surface area contributed by atoms with Gasteiger partial charge in [-0.15, -0.1) is 0 Å². The Bertz CT molecular complexity index is 762. The summed E-state index contributed by atoms with van der Waals surface area (Å²) in [7, 11) is 1.30. The summed E-state index contributed by atoms with van der Waals surface area (Å²) in [5.74, 6) is -0.0377. The van der Waals surface area contributed by atoms with Crippen LogP contribution in [0.25, 0.3) is 0 Å². The number of methoxy groups -OCH3 is 1. The lowest BCUT2D eigenvalue weighted by atomic mass is 9.72. The molecule has 1 N–H and O–H groups in total. The number of carbonyl (C=O) groups excluding carboxylic acids is 1. The van der Waals surface area contributed by atoms with Gasteiger partial charge in [-0.3, -0.25) is 0 Å². The van der Waals surface area contributed by atoms with Crippen LogP contribution in [0.15, 0.2) is 12.3 Å². The minimum Gasteiger partial charge on any atom is -0.481 e. The Hall–Kier alpha value is -2.03. The molecule has 1 aromatic heterocycles. The zero-order chi connectivity index (χ0) is 21.6. The minimum atomic E-state index is -4.59. The van der Waals surface area contributed by atoms with Crippen molar-refractivity contribution < 1.29 is 32.5 Å². The topological polar surface area (TPSA) is 71.9 Å². The zero-order valence-corrected chi connectivity index (χ0v) is 17.0. The van der Waals surface area contributed by atoms with Gasteiger partial charge in [0, 0.05) is 36.7 Å². The van der Waals surface area contributed by atoms with Crippen molar-refractivity contribution >= 4 is 6.09 Å². The van der Waals surface area contributed by atoms with Gasteiger partial charge >= 0.3 is 12.3 Å². The van der Waals surface area contributed by atoms with Crippen LogP contribution in [-0.2, 0) is 16.5 Å². The third-order valence-electron chi connectivity index (χ3n) is 5.49. The first-order valence-electron chi connectivity index (χ1n) is 9.69. The van der Waals surface area contributed by atoms with Crippen molar-refractivity contribution in [1.82, 2.24) is 9.88 Å². The molecular formula is C20H27F3N2O4. The Morgan fingerprint density at radius 2 is 1.83 bits per heavy atom. The second-order valence-corrected chi connectivity index (χ2v) is 8.84. The molecule has 2 atom stereocenters. The highest BCUT2D eigenvalue weighted by Gasteiger charge is 2.50. The number of fused-ring (bicyclic) bond motifs is 2. The molecule has 3 rings (SSSR count). The van der Waals surface area contributed by atoms with Crippen molar-refractivity contribution in [2.24, 2.45) is 0 Å². The second kappa shape index (κ2) is 7.34. The number of carbonyl (C=O) groups is 1. The van der Waals surface area contributed by atoms with Crippen molar-refractivity contribution in [3.8, 4) is 5.88 Å². The number of aromatic nitrogens is 1. The molecule has 0 spiro atoms. The summed E-state index contributed by atoms with van der Waals surface area (Å²) >= 11 is 0. The third kappa shape index (κ3) is 4.44. The number of amides is 1. The maximum Gasteiger partial charge on any atom is 0.417 e. The van der Waals surface area contributed by atoms with E-state index in [1.165, 1.54) is 7.11 Å². The first kappa shape index (κ1) is 21.7. The third-order valence-corrected chi connectivity index (χ3v) is 5.49. The highest BCUT2D eigenvalue weighted by Crippen LogP contribution is 2.47. The van der Waals surface area contributed by atoms with Crippen molar-refractivity contribution in [2.75, 3.05) is 7.11 Å². The maximum atomic E-state index is 13.2. The average molecular weight is 416 g/mol. The molecule has 2 aliphatic rings. The quantitative estimate of drug-likeness (QED) is 0.781. The van der Waals surface area contributed by atoms with Gasteiger partial charge in [-0.1, -0.05) is 0 Å². The molecule has 0 aromatic carbocycles. The number of ether oxygens (including phenoxy) is 2. The van der Waals surface area contributed by atoms with Crippen molar-refractivity contribution in [1.29, 1.82) is 0 Å². The maximum absolute atomic E-state index is 13.2. The number of hydrogen-bond donors (Lipinski definition) is 1. The van der Waals surface area contributed by atoms with Crippen molar-refractivity contribution in [3.63, 3.8) is 0 Å². The summed E-state index contributed by atoms with van der Waals surface area (Å²) in [6.45, 7) is 5.33. The Balaban J connectivity index is 1.95. The molecule has 3 heterocycles. The number of nitrogens with zero attached hydrogens (tertiary/aromatic N) is 2. The van der Waals surface area contributed by atoms with Gasteiger partial charge in [0.2, 0.25) is 5.88 Å². The van der Waals surface area contributed by atoms with Gasteiger partial charge in [-0.2, -0.15) is 13.2 Å². The van der Waals surface area contributed by atoms with Crippen LogP contribution in [-0.4, -0.2) is 45.9 Å². The monoisotopic (exact) mass is 416 g/mol. The number of hydrogen-bond acceptors (Lipinski definition) is 5. The van der Waals surface area contributed by atoms with E-state index in [-0.39, 0.29) is 36.4 Å². The summed E-state index contributed by atoms with van der Waals surface area (Å²) in [6, 6.07) is 0.244. The molecule has 6 nitrogen and oxygen atoms in total. The molecule has 0 aliphatic carbocycles. The van der Waals surface area contributed by atoms with Crippen LogP contribution in [0.1, 0.15) is 64.0 Å². The standard InChI is InChI=1S/C20H27F3N2O4/c1-18(2,3)29-17(26)25-13-6-5-7-14(25)10-19(27,9-13)15-8-12(20(21,22)23)11-24-16(15)28-4/h8,11,13-14,27H,5-7,9-10H2,1-4H3. The van der Waals surface area contributed by atoms with Crippen LogP contribution >= 0.6 is 0 Å². The first-order valence-corrected chi connectivity index (χ1v) is 9.69. The van der Waals surface area contributed by atoms with Crippen LogP contribution in [0, 0.1) is 0 Å². The van der Waals surface area contributed by atoms with Crippen LogP contribution in [0.4, 0.5) is 18.0 Å². The predicted molar refractivity (Wildman–Crippen MR) is 98.4 cm³/mol. The van der Waals surface area contributed by atoms with E-state index >= 15 is 0 Å². The lowest BCUT2D eigenvalue weighted by Gasteiger charge is -2.51. The Kier molecular flexibility index (Phi) is 5.49. The molecule has 1 amide bonds. The number of aliphatic hydroxyl groups is 1.